The Hall–Kier alpha value is -0.610. The third-order valence-electron chi connectivity index (χ3n) is 4.89. The van der Waals surface area contributed by atoms with Crippen LogP contribution in [0.15, 0.2) is 0 Å². The average Bonchev–Trinajstić information content (AvgIpc) is 3.02. The second-order valence-electron chi connectivity index (χ2n) is 6.17. The molecular weight excluding hydrogens is 226 g/mol. The van der Waals surface area contributed by atoms with Crippen molar-refractivity contribution in [1.82, 2.24) is 15.1 Å². The Labute approximate surface area is 110 Å². The van der Waals surface area contributed by atoms with Crippen LogP contribution in [0.25, 0.3) is 0 Å². The summed E-state index contributed by atoms with van der Waals surface area (Å²) in [4.78, 5) is 16.9. The second-order valence-corrected chi connectivity index (χ2v) is 6.17. The van der Waals surface area contributed by atoms with Gasteiger partial charge in [-0.1, -0.05) is 0 Å². The van der Waals surface area contributed by atoms with Crippen LogP contribution in [0, 0.1) is 5.92 Å². The van der Waals surface area contributed by atoms with E-state index in [9.17, 15) is 4.79 Å². The number of likely N-dealkylation sites (tertiary alicyclic amines) is 1. The molecule has 4 heteroatoms. The van der Waals surface area contributed by atoms with Gasteiger partial charge in [-0.05, 0) is 51.6 Å². The lowest BCUT2D eigenvalue weighted by Crippen LogP contribution is -2.52. The molecule has 4 unspecified atom stereocenters. The van der Waals surface area contributed by atoms with Crippen molar-refractivity contribution in [2.45, 2.75) is 44.7 Å². The molecule has 0 radical (unpaired) electrons. The molecule has 0 aromatic rings. The predicted octanol–water partition coefficient (Wildman–Crippen LogP) is 0.681. The van der Waals surface area contributed by atoms with Crippen LogP contribution in [0.5, 0.6) is 0 Å². The molecule has 3 aliphatic rings. The highest BCUT2D eigenvalue weighted by atomic mass is 16.2. The summed E-state index contributed by atoms with van der Waals surface area (Å²) in [6.45, 7) is 7.68. The van der Waals surface area contributed by atoms with Crippen molar-refractivity contribution < 1.29 is 4.79 Å². The zero-order chi connectivity index (χ0) is 12.5. The molecule has 0 saturated carbocycles. The van der Waals surface area contributed by atoms with Crippen molar-refractivity contribution in [3.05, 3.63) is 0 Å². The summed E-state index contributed by atoms with van der Waals surface area (Å²) in [6.07, 6.45) is 4.88. The van der Waals surface area contributed by atoms with Crippen LogP contribution in [0.2, 0.25) is 0 Å². The van der Waals surface area contributed by atoms with Crippen molar-refractivity contribution in [3.63, 3.8) is 0 Å². The highest BCUT2D eigenvalue weighted by molar-refractivity contribution is 5.81. The molecule has 0 aliphatic carbocycles. The van der Waals surface area contributed by atoms with Gasteiger partial charge >= 0.3 is 0 Å². The standard InChI is InChI=1S/C14H25N3O/c1-11(14(18)17-6-2-3-7-17)15-13-5-9-16-8-4-12(13)10-16/h11-13,15H,2-10H2,1H3. The summed E-state index contributed by atoms with van der Waals surface area (Å²) in [5.74, 6) is 1.08. The van der Waals surface area contributed by atoms with Gasteiger partial charge in [0.15, 0.2) is 0 Å². The van der Waals surface area contributed by atoms with E-state index < -0.39 is 0 Å². The lowest BCUT2D eigenvalue weighted by Gasteiger charge is -2.33. The Kier molecular flexibility index (Phi) is 3.57. The highest BCUT2D eigenvalue weighted by Gasteiger charge is 2.36. The van der Waals surface area contributed by atoms with Crippen LogP contribution in [-0.2, 0) is 4.79 Å². The molecule has 3 heterocycles. The molecule has 3 fully saturated rings. The van der Waals surface area contributed by atoms with Crippen LogP contribution < -0.4 is 5.32 Å². The van der Waals surface area contributed by atoms with Crippen LogP contribution in [-0.4, -0.2) is 60.5 Å². The quantitative estimate of drug-likeness (QED) is 0.801. The predicted molar refractivity (Wildman–Crippen MR) is 71.4 cm³/mol. The van der Waals surface area contributed by atoms with Gasteiger partial charge in [-0.25, -0.2) is 0 Å². The third-order valence-corrected chi connectivity index (χ3v) is 4.89. The van der Waals surface area contributed by atoms with Gasteiger partial charge in [-0.2, -0.15) is 0 Å². The Morgan fingerprint density at radius 3 is 2.67 bits per heavy atom. The topological polar surface area (TPSA) is 35.6 Å². The van der Waals surface area contributed by atoms with Gasteiger partial charge in [0.05, 0.1) is 6.04 Å². The summed E-state index contributed by atoms with van der Waals surface area (Å²) < 4.78 is 0. The Morgan fingerprint density at radius 1 is 1.17 bits per heavy atom. The number of nitrogens with one attached hydrogen (secondary N) is 1. The number of hydrogen-bond donors (Lipinski definition) is 1. The van der Waals surface area contributed by atoms with Crippen LogP contribution >= 0.6 is 0 Å². The number of rotatable bonds is 3. The van der Waals surface area contributed by atoms with E-state index in [0.29, 0.717) is 11.9 Å². The normalized spacial score (nSPS) is 36.9. The highest BCUT2D eigenvalue weighted by Crippen LogP contribution is 2.27. The van der Waals surface area contributed by atoms with Crippen LogP contribution in [0.3, 0.4) is 0 Å². The number of amides is 1. The van der Waals surface area contributed by atoms with Gasteiger partial charge in [0, 0.05) is 25.7 Å². The number of carbonyl (C=O) groups excluding carboxylic acids is 1. The van der Waals surface area contributed by atoms with E-state index in [1.807, 2.05) is 11.8 Å². The number of nitrogens with zero attached hydrogens (tertiary/aromatic N) is 2. The summed E-state index contributed by atoms with van der Waals surface area (Å²) in [6, 6.07) is 0.561. The first-order valence-electron chi connectivity index (χ1n) is 7.51. The van der Waals surface area contributed by atoms with Crippen molar-refractivity contribution in [1.29, 1.82) is 0 Å². The van der Waals surface area contributed by atoms with Gasteiger partial charge in [0.2, 0.25) is 5.91 Å². The Bertz CT molecular complexity index is 314. The average molecular weight is 251 g/mol. The second kappa shape index (κ2) is 5.17. The van der Waals surface area contributed by atoms with Gasteiger partial charge in [-0.15, -0.1) is 0 Å². The minimum Gasteiger partial charge on any atom is -0.341 e. The lowest BCUT2D eigenvalue weighted by molar-refractivity contribution is -0.132. The molecule has 3 saturated heterocycles. The van der Waals surface area contributed by atoms with Crippen molar-refractivity contribution >= 4 is 5.91 Å². The molecule has 18 heavy (non-hydrogen) atoms. The summed E-state index contributed by atoms with van der Waals surface area (Å²) in [5, 5.41) is 3.61. The van der Waals surface area contributed by atoms with E-state index >= 15 is 0 Å². The molecule has 1 N–H and O–H groups in total. The maximum atomic E-state index is 12.3. The van der Waals surface area contributed by atoms with E-state index in [-0.39, 0.29) is 6.04 Å². The van der Waals surface area contributed by atoms with Crippen LogP contribution in [0.4, 0.5) is 0 Å². The SMILES string of the molecule is CC(NC1CCN2CCC1C2)C(=O)N1CCCC1. The maximum absolute atomic E-state index is 12.3. The Morgan fingerprint density at radius 2 is 1.89 bits per heavy atom. The first kappa shape index (κ1) is 12.4. The molecule has 3 rings (SSSR count). The third kappa shape index (κ3) is 2.41. The number of hydrogen-bond acceptors (Lipinski definition) is 3. The smallest absolute Gasteiger partial charge is 0.239 e. The first-order valence-corrected chi connectivity index (χ1v) is 7.51. The van der Waals surface area contributed by atoms with E-state index in [1.54, 1.807) is 0 Å². The van der Waals surface area contributed by atoms with Gasteiger partial charge < -0.3 is 15.1 Å². The molecule has 0 spiro atoms. The molecule has 3 aliphatic heterocycles. The van der Waals surface area contributed by atoms with E-state index in [2.05, 4.69) is 10.2 Å². The maximum Gasteiger partial charge on any atom is 0.239 e. The molecule has 0 aromatic heterocycles. The monoisotopic (exact) mass is 251 g/mol. The van der Waals surface area contributed by atoms with Crippen molar-refractivity contribution in [2.24, 2.45) is 5.92 Å². The molecule has 2 bridgehead atoms. The summed E-state index contributed by atoms with van der Waals surface area (Å²) >= 11 is 0. The minimum absolute atomic E-state index is 0.000231. The minimum atomic E-state index is 0.000231. The zero-order valence-electron chi connectivity index (χ0n) is 11.4. The van der Waals surface area contributed by atoms with Gasteiger partial charge in [-0.3, -0.25) is 4.79 Å². The van der Waals surface area contributed by atoms with E-state index in [4.69, 9.17) is 0 Å². The van der Waals surface area contributed by atoms with Crippen molar-refractivity contribution in [2.75, 3.05) is 32.7 Å². The Balaban J connectivity index is 1.53. The fourth-order valence-corrected chi connectivity index (χ4v) is 3.77. The van der Waals surface area contributed by atoms with E-state index in [1.165, 1.54) is 45.3 Å². The number of piperidine rings is 1. The molecule has 102 valence electrons. The van der Waals surface area contributed by atoms with Crippen LogP contribution in [0.1, 0.15) is 32.6 Å². The van der Waals surface area contributed by atoms with Crippen molar-refractivity contribution in [3.8, 4) is 0 Å². The fraction of sp³-hybridized carbons (Fsp3) is 0.929. The molecular formula is C14H25N3O. The van der Waals surface area contributed by atoms with Gasteiger partial charge in [0.1, 0.15) is 0 Å². The summed E-state index contributed by atoms with van der Waals surface area (Å²) in [7, 11) is 0. The molecule has 4 atom stereocenters. The fourth-order valence-electron chi connectivity index (χ4n) is 3.77. The largest absolute Gasteiger partial charge is 0.341 e. The molecule has 4 nitrogen and oxygen atoms in total. The zero-order valence-corrected chi connectivity index (χ0v) is 11.4. The van der Waals surface area contributed by atoms with E-state index in [0.717, 1.165) is 19.0 Å². The first-order chi connectivity index (χ1) is 8.74. The molecule has 0 aromatic carbocycles. The lowest BCUT2D eigenvalue weighted by atomic mass is 9.93. The number of fused-ring (bicyclic) bond motifs is 2. The summed E-state index contributed by atoms with van der Waals surface area (Å²) in [5.41, 5.74) is 0. The number of carbonyl (C=O) groups is 1. The molecule has 1 amide bonds. The van der Waals surface area contributed by atoms with Gasteiger partial charge in [0.25, 0.3) is 0 Å².